The summed E-state index contributed by atoms with van der Waals surface area (Å²) in [6.45, 7) is 1.17. The molecule has 1 heterocycles. The molecule has 4 rings (SSSR count). The Kier molecular flexibility index (Phi) is 7.61. The van der Waals surface area contributed by atoms with Crippen molar-refractivity contribution in [3.8, 4) is 17.2 Å². The summed E-state index contributed by atoms with van der Waals surface area (Å²) < 4.78 is 79.9. The van der Waals surface area contributed by atoms with E-state index in [1.807, 2.05) is 11.9 Å². The molecule has 192 valence electrons. The lowest BCUT2D eigenvalue weighted by Gasteiger charge is -2.19. The molecule has 0 aromatic heterocycles. The molecule has 0 amide bonds. The lowest BCUT2D eigenvalue weighted by molar-refractivity contribution is -0.139. The van der Waals surface area contributed by atoms with E-state index in [9.17, 15) is 21.6 Å². The number of likely N-dealkylation sites (tertiary alicyclic amines) is 1. The summed E-state index contributed by atoms with van der Waals surface area (Å²) in [5.74, 6) is 0.276. The van der Waals surface area contributed by atoms with Gasteiger partial charge >= 0.3 is 6.18 Å². The minimum absolute atomic E-state index is 0.0572. The minimum atomic E-state index is -4.65. The maximum atomic E-state index is 13.5. The molecular weight excluding hydrogens is 540 g/mol. The first-order valence-corrected chi connectivity index (χ1v) is 13.0. The van der Waals surface area contributed by atoms with Crippen LogP contribution in [0.15, 0.2) is 65.6 Å². The van der Waals surface area contributed by atoms with Crippen LogP contribution in [-0.4, -0.2) is 39.6 Å². The Balaban J connectivity index is 1.52. The van der Waals surface area contributed by atoms with E-state index in [2.05, 4.69) is 4.72 Å². The number of hydrogen-bond donors (Lipinski definition) is 1. The highest BCUT2D eigenvalue weighted by Crippen LogP contribution is 2.39. The molecule has 1 saturated heterocycles. The monoisotopic (exact) mass is 560 g/mol. The highest BCUT2D eigenvalue weighted by Gasteiger charge is 2.36. The first-order chi connectivity index (χ1) is 16.9. The molecule has 3 aromatic carbocycles. The summed E-state index contributed by atoms with van der Waals surface area (Å²) in [5, 5.41) is 0.751. The average molecular weight is 561 g/mol. The summed E-state index contributed by atoms with van der Waals surface area (Å²) in [5.41, 5.74) is -1.03. The Morgan fingerprint density at radius 3 is 2.22 bits per heavy atom. The third-order valence-electron chi connectivity index (χ3n) is 5.39. The van der Waals surface area contributed by atoms with E-state index in [-0.39, 0.29) is 10.6 Å². The van der Waals surface area contributed by atoms with Crippen LogP contribution in [0.25, 0.3) is 0 Å². The zero-order chi connectivity index (χ0) is 26.1. The van der Waals surface area contributed by atoms with Gasteiger partial charge in [-0.2, -0.15) is 13.2 Å². The van der Waals surface area contributed by atoms with Gasteiger partial charge in [-0.3, -0.25) is 4.72 Å². The molecule has 0 saturated carbocycles. The Morgan fingerprint density at radius 1 is 0.972 bits per heavy atom. The van der Waals surface area contributed by atoms with Crippen molar-refractivity contribution in [2.24, 2.45) is 0 Å². The summed E-state index contributed by atoms with van der Waals surface area (Å²) >= 11 is 11.9. The molecule has 0 bridgehead atoms. The fourth-order valence-corrected chi connectivity index (χ4v) is 5.27. The molecule has 0 radical (unpaired) electrons. The number of nitrogens with one attached hydrogen (secondary N) is 1. The number of halogens is 5. The van der Waals surface area contributed by atoms with Gasteiger partial charge in [0.15, 0.2) is 0 Å². The summed E-state index contributed by atoms with van der Waals surface area (Å²) in [6, 6.07) is 13.0. The van der Waals surface area contributed by atoms with Gasteiger partial charge in [0.25, 0.3) is 10.0 Å². The number of ether oxygens (including phenoxy) is 2. The second-order valence-corrected chi connectivity index (χ2v) is 10.8. The van der Waals surface area contributed by atoms with Gasteiger partial charge in [0.2, 0.25) is 0 Å². The van der Waals surface area contributed by atoms with E-state index < -0.39 is 33.6 Å². The standard InChI is InChI=1S/C24H21Cl2F3N2O4S/c1-31-9-8-19(14-31)35-23-13-17(2-7-22(23)24(27,28)29)30-36(32,33)21-5-3-18(4-6-21)34-20-11-15(25)10-16(26)12-20/h2-7,10-13,19,30H,8-9,14H2,1H3/t19-/m1/s1. The molecule has 1 atom stereocenters. The van der Waals surface area contributed by atoms with Crippen LogP contribution in [0.1, 0.15) is 12.0 Å². The van der Waals surface area contributed by atoms with E-state index in [0.29, 0.717) is 41.1 Å². The van der Waals surface area contributed by atoms with Crippen molar-refractivity contribution in [2.75, 3.05) is 24.9 Å². The van der Waals surface area contributed by atoms with Gasteiger partial charge in [-0.05, 0) is 68.1 Å². The molecule has 0 aliphatic carbocycles. The maximum absolute atomic E-state index is 13.5. The van der Waals surface area contributed by atoms with Crippen molar-refractivity contribution >= 4 is 38.9 Å². The van der Waals surface area contributed by atoms with Crippen molar-refractivity contribution in [3.05, 3.63) is 76.3 Å². The largest absolute Gasteiger partial charge is 0.488 e. The zero-order valence-corrected chi connectivity index (χ0v) is 21.2. The number of benzene rings is 3. The number of sulfonamides is 1. The second kappa shape index (κ2) is 10.4. The fourth-order valence-electron chi connectivity index (χ4n) is 3.71. The number of hydrogen-bond acceptors (Lipinski definition) is 5. The molecule has 1 N–H and O–H groups in total. The van der Waals surface area contributed by atoms with Crippen LogP contribution in [0.2, 0.25) is 10.0 Å². The second-order valence-electron chi connectivity index (χ2n) is 8.28. The first-order valence-electron chi connectivity index (χ1n) is 10.7. The molecule has 3 aromatic rings. The van der Waals surface area contributed by atoms with Gasteiger partial charge in [-0.15, -0.1) is 0 Å². The van der Waals surface area contributed by atoms with Crippen molar-refractivity contribution < 1.29 is 31.1 Å². The highest BCUT2D eigenvalue weighted by molar-refractivity contribution is 7.92. The zero-order valence-electron chi connectivity index (χ0n) is 18.9. The molecule has 12 heteroatoms. The highest BCUT2D eigenvalue weighted by atomic mass is 35.5. The number of likely N-dealkylation sites (N-methyl/N-ethyl adjacent to an activating group) is 1. The summed E-state index contributed by atoms with van der Waals surface area (Å²) in [4.78, 5) is 1.83. The van der Waals surface area contributed by atoms with Crippen molar-refractivity contribution in [3.63, 3.8) is 0 Å². The van der Waals surface area contributed by atoms with Gasteiger partial charge in [0.1, 0.15) is 23.4 Å². The SMILES string of the molecule is CN1CC[C@@H](Oc2cc(NS(=O)(=O)c3ccc(Oc4cc(Cl)cc(Cl)c4)cc3)ccc2C(F)(F)F)C1. The predicted octanol–water partition coefficient (Wildman–Crippen LogP) is 6.69. The Labute approximate surface area is 216 Å². The number of anilines is 1. The van der Waals surface area contributed by atoms with Crippen molar-refractivity contribution in [1.82, 2.24) is 4.90 Å². The van der Waals surface area contributed by atoms with Gasteiger partial charge in [-0.1, -0.05) is 23.2 Å². The molecule has 1 fully saturated rings. The molecule has 0 unspecified atom stereocenters. The van der Waals surface area contributed by atoms with E-state index in [0.717, 1.165) is 18.2 Å². The van der Waals surface area contributed by atoms with Gasteiger partial charge < -0.3 is 14.4 Å². The normalized spacial score (nSPS) is 16.7. The summed E-state index contributed by atoms with van der Waals surface area (Å²) in [6.07, 6.45) is -4.51. The van der Waals surface area contributed by atoms with E-state index >= 15 is 0 Å². The van der Waals surface area contributed by atoms with Gasteiger partial charge in [-0.25, -0.2) is 8.42 Å². The quantitative estimate of drug-likeness (QED) is 0.348. The lowest BCUT2D eigenvalue weighted by Crippen LogP contribution is -2.23. The smallest absolute Gasteiger partial charge is 0.419 e. The van der Waals surface area contributed by atoms with Crippen LogP contribution in [0.4, 0.5) is 18.9 Å². The first kappa shape index (κ1) is 26.4. The van der Waals surface area contributed by atoms with Crippen LogP contribution in [-0.2, 0) is 16.2 Å². The molecule has 6 nitrogen and oxygen atoms in total. The van der Waals surface area contributed by atoms with Crippen molar-refractivity contribution in [1.29, 1.82) is 0 Å². The van der Waals surface area contributed by atoms with E-state index in [1.54, 1.807) is 18.2 Å². The van der Waals surface area contributed by atoms with Crippen LogP contribution in [0.3, 0.4) is 0 Å². The maximum Gasteiger partial charge on any atom is 0.419 e. The fraction of sp³-hybridized carbons (Fsp3) is 0.250. The number of rotatable bonds is 7. The van der Waals surface area contributed by atoms with Gasteiger partial charge in [0, 0.05) is 29.2 Å². The molecular formula is C24H21Cl2F3N2O4S. The molecule has 0 spiro atoms. The van der Waals surface area contributed by atoms with Crippen LogP contribution < -0.4 is 14.2 Å². The van der Waals surface area contributed by atoms with Crippen molar-refractivity contribution in [2.45, 2.75) is 23.6 Å². The number of nitrogens with zero attached hydrogens (tertiary/aromatic N) is 1. The Bertz CT molecular complexity index is 1330. The van der Waals surface area contributed by atoms with Crippen LogP contribution in [0, 0.1) is 0 Å². The Hall–Kier alpha value is -2.66. The third kappa shape index (κ3) is 6.56. The third-order valence-corrected chi connectivity index (χ3v) is 7.22. The number of alkyl halides is 3. The predicted molar refractivity (Wildman–Crippen MR) is 132 cm³/mol. The Morgan fingerprint density at radius 2 is 1.64 bits per heavy atom. The van der Waals surface area contributed by atoms with E-state index in [1.165, 1.54) is 24.3 Å². The summed E-state index contributed by atoms with van der Waals surface area (Å²) in [7, 11) is -2.26. The van der Waals surface area contributed by atoms with Gasteiger partial charge in [0.05, 0.1) is 16.1 Å². The topological polar surface area (TPSA) is 67.9 Å². The molecule has 1 aliphatic rings. The van der Waals surface area contributed by atoms with Crippen LogP contribution in [0.5, 0.6) is 17.2 Å². The minimum Gasteiger partial charge on any atom is -0.488 e. The van der Waals surface area contributed by atoms with Crippen LogP contribution >= 0.6 is 23.2 Å². The van der Waals surface area contributed by atoms with E-state index in [4.69, 9.17) is 32.7 Å². The molecule has 36 heavy (non-hydrogen) atoms. The molecule has 1 aliphatic heterocycles. The average Bonchev–Trinajstić information content (AvgIpc) is 3.17. The lowest BCUT2D eigenvalue weighted by atomic mass is 10.1.